The van der Waals surface area contributed by atoms with E-state index in [1.54, 1.807) is 19.3 Å². The molecule has 6 nitrogen and oxygen atoms in total. The van der Waals surface area contributed by atoms with Crippen molar-refractivity contribution in [2.24, 2.45) is 4.99 Å². The van der Waals surface area contributed by atoms with Crippen LogP contribution in [0.4, 0.5) is 0 Å². The summed E-state index contributed by atoms with van der Waals surface area (Å²) in [5.74, 6) is 1.49. The molecular formula is C26H23NO5. The molecule has 0 spiro atoms. The van der Waals surface area contributed by atoms with Crippen LogP contribution in [0.15, 0.2) is 83.5 Å². The topological polar surface area (TPSA) is 66.3 Å². The van der Waals surface area contributed by atoms with Gasteiger partial charge in [-0.1, -0.05) is 48.5 Å². The van der Waals surface area contributed by atoms with Crippen LogP contribution in [0.5, 0.6) is 17.2 Å². The molecule has 3 aromatic carbocycles. The molecule has 3 aromatic rings. The predicted octanol–water partition coefficient (Wildman–Crippen LogP) is 5.02. The van der Waals surface area contributed by atoms with Crippen LogP contribution in [0.3, 0.4) is 0 Å². The Morgan fingerprint density at radius 3 is 2.47 bits per heavy atom. The minimum atomic E-state index is -0.520. The second-order valence-corrected chi connectivity index (χ2v) is 6.95. The Bertz CT molecular complexity index is 1170. The van der Waals surface area contributed by atoms with Crippen LogP contribution in [-0.4, -0.2) is 25.6 Å². The number of hydrogen-bond donors (Lipinski definition) is 0. The molecule has 0 unspecified atom stereocenters. The van der Waals surface area contributed by atoms with E-state index in [-0.39, 0.29) is 11.6 Å². The molecule has 0 aliphatic carbocycles. The fourth-order valence-corrected chi connectivity index (χ4v) is 3.24. The highest BCUT2D eigenvalue weighted by Crippen LogP contribution is 2.31. The highest BCUT2D eigenvalue weighted by Gasteiger charge is 2.26. The molecule has 32 heavy (non-hydrogen) atoms. The van der Waals surface area contributed by atoms with Crippen molar-refractivity contribution in [1.82, 2.24) is 0 Å². The molecule has 0 fully saturated rings. The summed E-state index contributed by atoms with van der Waals surface area (Å²) in [5, 5.41) is 0. The minimum Gasteiger partial charge on any atom is -0.493 e. The van der Waals surface area contributed by atoms with Crippen LogP contribution in [0.25, 0.3) is 6.08 Å². The standard InChI is InChI=1S/C26H23NO5/c1-3-30-22-12-8-7-11-20(22)25-27-21(26(28)32-25)15-19-13-14-23(29-2)24(16-19)31-17-18-9-5-4-6-10-18/h4-16H,3,17H2,1-2H3. The number of esters is 1. The molecule has 0 bridgehead atoms. The lowest BCUT2D eigenvalue weighted by molar-refractivity contribution is -0.129. The summed E-state index contributed by atoms with van der Waals surface area (Å²) in [7, 11) is 1.59. The van der Waals surface area contributed by atoms with Crippen molar-refractivity contribution in [3.63, 3.8) is 0 Å². The number of aliphatic imine (C=N–C) groups is 1. The van der Waals surface area contributed by atoms with E-state index in [0.29, 0.717) is 36.0 Å². The van der Waals surface area contributed by atoms with Gasteiger partial charge in [-0.15, -0.1) is 0 Å². The van der Waals surface area contributed by atoms with Gasteiger partial charge in [0.05, 0.1) is 19.3 Å². The molecule has 0 N–H and O–H groups in total. The summed E-state index contributed by atoms with van der Waals surface area (Å²) in [6.45, 7) is 2.79. The van der Waals surface area contributed by atoms with Crippen molar-refractivity contribution >= 4 is 17.9 Å². The Hall–Kier alpha value is -4.06. The van der Waals surface area contributed by atoms with Gasteiger partial charge >= 0.3 is 5.97 Å². The second kappa shape index (κ2) is 9.83. The van der Waals surface area contributed by atoms with Gasteiger partial charge in [0.1, 0.15) is 12.4 Å². The van der Waals surface area contributed by atoms with Gasteiger partial charge in [0, 0.05) is 0 Å². The lowest BCUT2D eigenvalue weighted by atomic mass is 10.1. The maximum atomic E-state index is 12.4. The first-order valence-electron chi connectivity index (χ1n) is 10.3. The Balaban J connectivity index is 1.59. The number of benzene rings is 3. The molecule has 6 heteroatoms. The number of nitrogens with zero attached hydrogens (tertiary/aromatic N) is 1. The van der Waals surface area contributed by atoms with Gasteiger partial charge in [0.2, 0.25) is 5.90 Å². The molecule has 1 aliphatic rings. The van der Waals surface area contributed by atoms with Crippen molar-refractivity contribution in [1.29, 1.82) is 0 Å². The molecule has 0 radical (unpaired) electrons. The number of ether oxygens (including phenoxy) is 4. The maximum Gasteiger partial charge on any atom is 0.363 e. The highest BCUT2D eigenvalue weighted by atomic mass is 16.6. The molecule has 0 saturated carbocycles. The van der Waals surface area contributed by atoms with E-state index in [2.05, 4.69) is 4.99 Å². The van der Waals surface area contributed by atoms with Gasteiger partial charge in [-0.2, -0.15) is 0 Å². The van der Waals surface area contributed by atoms with Crippen molar-refractivity contribution < 1.29 is 23.7 Å². The number of carbonyl (C=O) groups excluding carboxylic acids is 1. The summed E-state index contributed by atoms with van der Waals surface area (Å²) in [6.07, 6.45) is 1.66. The monoisotopic (exact) mass is 429 g/mol. The summed E-state index contributed by atoms with van der Waals surface area (Å²) >= 11 is 0. The molecule has 0 atom stereocenters. The highest BCUT2D eigenvalue weighted by molar-refractivity contribution is 6.13. The van der Waals surface area contributed by atoms with Gasteiger partial charge in [0.15, 0.2) is 17.2 Å². The van der Waals surface area contributed by atoms with Crippen LogP contribution < -0.4 is 14.2 Å². The maximum absolute atomic E-state index is 12.4. The van der Waals surface area contributed by atoms with Crippen molar-refractivity contribution in [3.05, 3.63) is 95.2 Å². The molecule has 0 amide bonds. The van der Waals surface area contributed by atoms with Crippen LogP contribution in [0.2, 0.25) is 0 Å². The lowest BCUT2D eigenvalue weighted by Crippen LogP contribution is -2.07. The third kappa shape index (κ3) is 4.81. The van der Waals surface area contributed by atoms with Crippen molar-refractivity contribution in [2.75, 3.05) is 13.7 Å². The largest absolute Gasteiger partial charge is 0.493 e. The van der Waals surface area contributed by atoms with Crippen molar-refractivity contribution in [2.45, 2.75) is 13.5 Å². The van der Waals surface area contributed by atoms with Crippen LogP contribution in [0.1, 0.15) is 23.6 Å². The molecular weight excluding hydrogens is 406 g/mol. The zero-order valence-corrected chi connectivity index (χ0v) is 17.9. The van der Waals surface area contributed by atoms with E-state index in [4.69, 9.17) is 18.9 Å². The number of methoxy groups -OCH3 is 1. The summed E-state index contributed by atoms with van der Waals surface area (Å²) in [6, 6.07) is 22.6. The van der Waals surface area contributed by atoms with Crippen LogP contribution >= 0.6 is 0 Å². The van der Waals surface area contributed by atoms with E-state index < -0.39 is 5.97 Å². The van der Waals surface area contributed by atoms with Gasteiger partial charge in [-0.05, 0) is 48.4 Å². The minimum absolute atomic E-state index is 0.200. The van der Waals surface area contributed by atoms with Gasteiger partial charge in [0.25, 0.3) is 0 Å². The predicted molar refractivity (Wildman–Crippen MR) is 122 cm³/mol. The normalized spacial score (nSPS) is 14.1. The number of cyclic esters (lactones) is 1. The first-order chi connectivity index (χ1) is 15.7. The first-order valence-corrected chi connectivity index (χ1v) is 10.3. The quantitative estimate of drug-likeness (QED) is 0.372. The average molecular weight is 429 g/mol. The molecule has 0 saturated heterocycles. The van der Waals surface area contributed by atoms with Gasteiger partial charge in [-0.25, -0.2) is 9.79 Å². The fourth-order valence-electron chi connectivity index (χ4n) is 3.24. The summed E-state index contributed by atoms with van der Waals surface area (Å²) in [4.78, 5) is 16.8. The molecule has 1 aliphatic heterocycles. The van der Waals surface area contributed by atoms with E-state index in [9.17, 15) is 4.79 Å². The number of hydrogen-bond acceptors (Lipinski definition) is 6. The third-order valence-electron chi connectivity index (χ3n) is 4.77. The molecule has 1 heterocycles. The van der Waals surface area contributed by atoms with E-state index in [0.717, 1.165) is 11.1 Å². The van der Waals surface area contributed by atoms with E-state index in [1.807, 2.05) is 73.7 Å². The lowest BCUT2D eigenvalue weighted by Gasteiger charge is -2.11. The fraction of sp³-hybridized carbons (Fsp3) is 0.154. The zero-order chi connectivity index (χ0) is 22.3. The summed E-state index contributed by atoms with van der Waals surface area (Å²) < 4.78 is 22.4. The molecule has 4 rings (SSSR count). The molecule has 0 aromatic heterocycles. The Morgan fingerprint density at radius 2 is 1.69 bits per heavy atom. The summed E-state index contributed by atoms with van der Waals surface area (Å²) in [5.41, 5.74) is 2.61. The first kappa shape index (κ1) is 21.2. The van der Waals surface area contributed by atoms with Gasteiger partial charge in [-0.3, -0.25) is 0 Å². The van der Waals surface area contributed by atoms with E-state index in [1.165, 1.54) is 0 Å². The van der Waals surface area contributed by atoms with E-state index >= 15 is 0 Å². The SMILES string of the molecule is CCOc1ccccc1C1=NC(=Cc2ccc(OC)c(OCc3ccccc3)c2)C(=O)O1. The second-order valence-electron chi connectivity index (χ2n) is 6.95. The Labute approximate surface area is 186 Å². The van der Waals surface area contributed by atoms with Crippen LogP contribution in [0, 0.1) is 0 Å². The Morgan fingerprint density at radius 1 is 0.906 bits per heavy atom. The van der Waals surface area contributed by atoms with Crippen LogP contribution in [-0.2, 0) is 16.1 Å². The Kier molecular flexibility index (Phi) is 6.51. The number of rotatable bonds is 8. The number of carbonyl (C=O) groups is 1. The van der Waals surface area contributed by atoms with Crippen molar-refractivity contribution in [3.8, 4) is 17.2 Å². The third-order valence-corrected chi connectivity index (χ3v) is 4.77. The number of para-hydroxylation sites is 1. The average Bonchev–Trinajstić information content (AvgIpc) is 3.19. The smallest absolute Gasteiger partial charge is 0.363 e. The van der Waals surface area contributed by atoms with Gasteiger partial charge < -0.3 is 18.9 Å². The molecule has 162 valence electrons. The zero-order valence-electron chi connectivity index (χ0n) is 17.9.